The van der Waals surface area contributed by atoms with Crippen LogP contribution in [0.1, 0.15) is 60.0 Å². The molecule has 1 aliphatic heterocycles. The molecule has 0 amide bonds. The number of nitrogens with zero attached hydrogens (tertiary/aromatic N) is 4. The average molecular weight is 449 g/mol. The van der Waals surface area contributed by atoms with Crippen LogP contribution in [0.3, 0.4) is 0 Å². The molecule has 4 aromatic rings. The highest BCUT2D eigenvalue weighted by atomic mass is 15.2. The second kappa shape index (κ2) is 8.33. The number of aryl methyl sites for hydroxylation is 1. The maximum Gasteiger partial charge on any atom is 0.155 e. The van der Waals surface area contributed by atoms with Crippen LogP contribution < -0.4 is 4.90 Å². The second-order valence-corrected chi connectivity index (χ2v) is 10.5. The quantitative estimate of drug-likeness (QED) is 0.363. The Kier molecular flexibility index (Phi) is 5.44. The van der Waals surface area contributed by atoms with Gasteiger partial charge in [0.05, 0.1) is 5.52 Å². The molecule has 4 heteroatoms. The van der Waals surface area contributed by atoms with Gasteiger partial charge < -0.3 is 9.47 Å². The molecule has 0 saturated heterocycles. The molecular formula is C30H32N4. The van der Waals surface area contributed by atoms with Crippen molar-refractivity contribution < 1.29 is 0 Å². The fourth-order valence-electron chi connectivity index (χ4n) is 5.09. The first kappa shape index (κ1) is 22.2. The van der Waals surface area contributed by atoms with Crippen molar-refractivity contribution in [2.45, 2.75) is 59.5 Å². The third-order valence-corrected chi connectivity index (χ3v) is 7.30. The van der Waals surface area contributed by atoms with Crippen molar-refractivity contribution in [3.8, 4) is 6.07 Å². The summed E-state index contributed by atoms with van der Waals surface area (Å²) in [6.07, 6.45) is 0.989. The Labute approximate surface area is 202 Å². The molecule has 3 heterocycles. The highest BCUT2D eigenvalue weighted by molar-refractivity contribution is 5.94. The summed E-state index contributed by atoms with van der Waals surface area (Å²) in [6, 6.07) is 21.9. The fourth-order valence-corrected chi connectivity index (χ4v) is 5.09. The number of fused-ring (bicyclic) bond motifs is 2. The van der Waals surface area contributed by atoms with Gasteiger partial charge in [-0.25, -0.2) is 4.98 Å². The molecule has 172 valence electrons. The Morgan fingerprint density at radius 1 is 1.00 bits per heavy atom. The van der Waals surface area contributed by atoms with Gasteiger partial charge >= 0.3 is 0 Å². The Hall–Kier alpha value is -3.58. The van der Waals surface area contributed by atoms with Gasteiger partial charge in [0.1, 0.15) is 11.8 Å². The first-order valence-corrected chi connectivity index (χ1v) is 12.1. The van der Waals surface area contributed by atoms with Gasteiger partial charge in [-0.05, 0) is 59.6 Å². The Balaban J connectivity index is 1.62. The molecule has 34 heavy (non-hydrogen) atoms. The summed E-state index contributed by atoms with van der Waals surface area (Å²) in [5, 5.41) is 10.9. The van der Waals surface area contributed by atoms with Crippen LogP contribution in [-0.2, 0) is 24.9 Å². The molecule has 0 aliphatic carbocycles. The van der Waals surface area contributed by atoms with Gasteiger partial charge in [0.2, 0.25) is 0 Å². The molecule has 0 radical (unpaired) electrons. The molecular weight excluding hydrogens is 416 g/mol. The lowest BCUT2D eigenvalue weighted by molar-refractivity contribution is 0.590. The van der Waals surface area contributed by atoms with E-state index in [1.807, 2.05) is 6.07 Å². The van der Waals surface area contributed by atoms with Crippen LogP contribution in [0.5, 0.6) is 0 Å². The predicted molar refractivity (Wildman–Crippen MR) is 139 cm³/mol. The molecule has 0 bridgehead atoms. The van der Waals surface area contributed by atoms with Gasteiger partial charge in [-0.1, -0.05) is 69.3 Å². The minimum atomic E-state index is 0.139. The Morgan fingerprint density at radius 3 is 2.38 bits per heavy atom. The minimum absolute atomic E-state index is 0.139. The molecule has 0 atom stereocenters. The Bertz CT molecular complexity index is 1410. The standard InChI is InChI=1S/C30H32N4/c1-20-21(2)34(18-22-10-12-25(13-11-22)30(3,4)5)28-27(20)16-26(17-31)32-29(28)33-15-14-23-8-6-7-9-24(23)19-33/h6-13,16H,14-15,18-19H2,1-5H3. The maximum atomic E-state index is 9.73. The van der Waals surface area contributed by atoms with Crippen molar-refractivity contribution in [2.75, 3.05) is 11.4 Å². The van der Waals surface area contributed by atoms with Crippen LogP contribution in [0.25, 0.3) is 10.9 Å². The number of anilines is 1. The van der Waals surface area contributed by atoms with Crippen molar-refractivity contribution in [3.05, 3.63) is 93.8 Å². The summed E-state index contributed by atoms with van der Waals surface area (Å²) in [7, 11) is 0. The number of hydrogen-bond donors (Lipinski definition) is 0. The lowest BCUT2D eigenvalue weighted by Gasteiger charge is -2.30. The van der Waals surface area contributed by atoms with Crippen molar-refractivity contribution in [1.82, 2.24) is 9.55 Å². The summed E-state index contributed by atoms with van der Waals surface area (Å²) in [6.45, 7) is 13.6. The van der Waals surface area contributed by atoms with Crippen LogP contribution in [0, 0.1) is 25.2 Å². The molecule has 0 saturated carbocycles. The van der Waals surface area contributed by atoms with Gasteiger partial charge in [-0.15, -0.1) is 0 Å². The third kappa shape index (κ3) is 3.86. The van der Waals surface area contributed by atoms with Gasteiger partial charge in [-0.3, -0.25) is 0 Å². The topological polar surface area (TPSA) is 44.9 Å². The zero-order valence-electron chi connectivity index (χ0n) is 20.8. The van der Waals surface area contributed by atoms with E-state index in [-0.39, 0.29) is 5.41 Å². The van der Waals surface area contributed by atoms with Gasteiger partial charge in [0.25, 0.3) is 0 Å². The molecule has 1 aliphatic rings. The van der Waals surface area contributed by atoms with Crippen LogP contribution in [0.2, 0.25) is 0 Å². The normalized spacial score (nSPS) is 13.7. The lowest BCUT2D eigenvalue weighted by Crippen LogP contribution is -2.31. The zero-order valence-corrected chi connectivity index (χ0v) is 20.8. The van der Waals surface area contributed by atoms with Crippen molar-refractivity contribution in [2.24, 2.45) is 0 Å². The monoisotopic (exact) mass is 448 g/mol. The van der Waals surface area contributed by atoms with E-state index in [9.17, 15) is 5.26 Å². The molecule has 2 aromatic carbocycles. The highest BCUT2D eigenvalue weighted by Gasteiger charge is 2.24. The average Bonchev–Trinajstić information content (AvgIpc) is 3.07. The van der Waals surface area contributed by atoms with Crippen LogP contribution >= 0.6 is 0 Å². The minimum Gasteiger partial charge on any atom is -0.350 e. The molecule has 0 spiro atoms. The number of aromatic nitrogens is 2. The summed E-state index contributed by atoms with van der Waals surface area (Å²) in [5.74, 6) is 0.922. The van der Waals surface area contributed by atoms with Crippen LogP contribution in [0.4, 0.5) is 5.82 Å². The summed E-state index contributed by atoms with van der Waals surface area (Å²) >= 11 is 0. The number of pyridine rings is 1. The largest absolute Gasteiger partial charge is 0.350 e. The first-order chi connectivity index (χ1) is 16.3. The summed E-state index contributed by atoms with van der Waals surface area (Å²) in [5.41, 5.74) is 9.57. The van der Waals surface area contributed by atoms with Gasteiger partial charge in [-0.2, -0.15) is 5.26 Å². The smallest absolute Gasteiger partial charge is 0.155 e. The highest BCUT2D eigenvalue weighted by Crippen LogP contribution is 2.35. The second-order valence-electron chi connectivity index (χ2n) is 10.5. The number of nitriles is 1. The Morgan fingerprint density at radius 2 is 1.71 bits per heavy atom. The van der Waals surface area contributed by atoms with E-state index in [1.165, 1.54) is 33.5 Å². The molecule has 5 rings (SSSR count). The van der Waals surface area contributed by atoms with Gasteiger partial charge in [0.15, 0.2) is 5.82 Å². The fraction of sp³-hybridized carbons (Fsp3) is 0.333. The van der Waals surface area contributed by atoms with E-state index in [4.69, 9.17) is 4.98 Å². The molecule has 0 N–H and O–H groups in total. The molecule has 0 unspecified atom stereocenters. The van der Waals surface area contributed by atoms with E-state index in [0.29, 0.717) is 5.69 Å². The zero-order chi connectivity index (χ0) is 24.0. The van der Waals surface area contributed by atoms with E-state index < -0.39 is 0 Å². The molecule has 2 aromatic heterocycles. The first-order valence-electron chi connectivity index (χ1n) is 12.1. The van der Waals surface area contributed by atoms with E-state index in [1.54, 1.807) is 0 Å². The lowest BCUT2D eigenvalue weighted by atomic mass is 9.87. The van der Waals surface area contributed by atoms with Crippen LogP contribution in [-0.4, -0.2) is 16.1 Å². The number of hydrogen-bond acceptors (Lipinski definition) is 3. The molecule has 0 fully saturated rings. The van der Waals surface area contributed by atoms with E-state index in [0.717, 1.165) is 42.8 Å². The van der Waals surface area contributed by atoms with Crippen molar-refractivity contribution in [1.29, 1.82) is 5.26 Å². The maximum absolute atomic E-state index is 9.73. The third-order valence-electron chi connectivity index (χ3n) is 7.30. The summed E-state index contributed by atoms with van der Waals surface area (Å²) in [4.78, 5) is 7.21. The number of rotatable bonds is 3. The molecule has 4 nitrogen and oxygen atoms in total. The van der Waals surface area contributed by atoms with E-state index in [2.05, 4.69) is 98.7 Å². The van der Waals surface area contributed by atoms with Gasteiger partial charge in [0, 0.05) is 30.7 Å². The number of benzene rings is 2. The van der Waals surface area contributed by atoms with E-state index >= 15 is 0 Å². The summed E-state index contributed by atoms with van der Waals surface area (Å²) < 4.78 is 2.39. The van der Waals surface area contributed by atoms with Crippen molar-refractivity contribution >= 4 is 16.7 Å². The predicted octanol–water partition coefficient (Wildman–Crippen LogP) is 6.43. The van der Waals surface area contributed by atoms with Crippen molar-refractivity contribution in [3.63, 3.8) is 0 Å². The SMILES string of the molecule is Cc1c(C)n(Cc2ccc(C(C)(C)C)cc2)c2c(N3CCc4ccccc4C3)nc(C#N)cc12. The van der Waals surface area contributed by atoms with Crippen LogP contribution in [0.15, 0.2) is 54.6 Å².